The van der Waals surface area contributed by atoms with Crippen LogP contribution in [-0.4, -0.2) is 48.6 Å². The van der Waals surface area contributed by atoms with Crippen LogP contribution in [0.4, 0.5) is 13.2 Å². The zero-order valence-electron chi connectivity index (χ0n) is 17.6. The van der Waals surface area contributed by atoms with Gasteiger partial charge in [-0.1, -0.05) is 12.1 Å². The molecule has 0 spiro atoms. The van der Waals surface area contributed by atoms with E-state index in [1.165, 1.54) is 31.4 Å². The topological polar surface area (TPSA) is 54.0 Å². The van der Waals surface area contributed by atoms with E-state index >= 15 is 0 Å². The highest BCUT2D eigenvalue weighted by Gasteiger charge is 2.69. The molecule has 0 aliphatic rings. The fourth-order valence-corrected chi connectivity index (χ4v) is 4.96. The minimum Gasteiger partial charge on any atom is -0.497 e. The third-order valence-corrected chi connectivity index (χ3v) is 5.51. The van der Waals surface area contributed by atoms with Gasteiger partial charge in [0.2, 0.25) is 0 Å². The maximum Gasteiger partial charge on any atom is 0.430 e. The predicted molar refractivity (Wildman–Crippen MR) is 105 cm³/mol. The van der Waals surface area contributed by atoms with Gasteiger partial charge in [0.15, 0.2) is 16.6 Å². The Bertz CT molecular complexity index is 666. The average Bonchev–Trinajstić information content (AvgIpc) is 2.54. The normalized spacial score (nSPS) is 16.2. The van der Waals surface area contributed by atoms with Crippen LogP contribution in [0.1, 0.15) is 11.7 Å². The number of carbonyl (C=O) groups is 1. The lowest BCUT2D eigenvalue weighted by Crippen LogP contribution is -2.64. The highest BCUT2D eigenvalue weighted by Crippen LogP contribution is 2.48. The molecule has 0 aliphatic carbocycles. The van der Waals surface area contributed by atoms with Crippen molar-refractivity contribution < 1.29 is 36.3 Å². The van der Waals surface area contributed by atoms with E-state index in [0.717, 1.165) is 7.11 Å². The first kappa shape index (κ1) is 24.7. The van der Waals surface area contributed by atoms with Gasteiger partial charge < -0.3 is 18.3 Å². The number of methoxy groups -OCH3 is 2. The SMILES string of the molecule is COC(=O)C(O[Si](C)(C)C)(C(O[Si](C)(C)C)c1ccc(OC)cc1)C(F)(F)F. The Balaban J connectivity index is 3.80. The molecular formula is C18H29F3O5Si2. The van der Waals surface area contributed by atoms with Crippen LogP contribution in [0.2, 0.25) is 39.3 Å². The summed E-state index contributed by atoms with van der Waals surface area (Å²) in [6.45, 7) is 9.98. The van der Waals surface area contributed by atoms with Gasteiger partial charge in [-0.15, -0.1) is 0 Å². The van der Waals surface area contributed by atoms with Crippen LogP contribution in [0.5, 0.6) is 5.75 Å². The van der Waals surface area contributed by atoms with Gasteiger partial charge in [-0.3, -0.25) is 0 Å². The molecule has 0 bridgehead atoms. The molecule has 2 unspecified atom stereocenters. The van der Waals surface area contributed by atoms with E-state index in [4.69, 9.17) is 13.6 Å². The molecule has 0 saturated heterocycles. The van der Waals surface area contributed by atoms with E-state index in [2.05, 4.69) is 4.74 Å². The molecule has 1 aromatic carbocycles. The zero-order chi connectivity index (χ0) is 22.0. The number of esters is 1. The summed E-state index contributed by atoms with van der Waals surface area (Å²) in [5, 5.41) is 0. The summed E-state index contributed by atoms with van der Waals surface area (Å²) in [5.41, 5.74) is -3.12. The Morgan fingerprint density at radius 3 is 1.75 bits per heavy atom. The molecule has 0 aliphatic heterocycles. The third kappa shape index (κ3) is 5.82. The highest BCUT2D eigenvalue weighted by atomic mass is 28.4. The second-order valence-electron chi connectivity index (χ2n) is 8.32. The summed E-state index contributed by atoms with van der Waals surface area (Å²) in [6, 6.07) is 5.92. The zero-order valence-corrected chi connectivity index (χ0v) is 19.6. The minimum absolute atomic E-state index is 0.157. The van der Waals surface area contributed by atoms with Crippen LogP contribution in [0, 0.1) is 0 Å². The number of rotatable bonds is 8. The first-order valence-electron chi connectivity index (χ1n) is 8.74. The van der Waals surface area contributed by atoms with Crippen molar-refractivity contribution in [1.29, 1.82) is 0 Å². The number of hydrogen-bond acceptors (Lipinski definition) is 5. The van der Waals surface area contributed by atoms with Crippen LogP contribution in [0.15, 0.2) is 24.3 Å². The van der Waals surface area contributed by atoms with Crippen LogP contribution < -0.4 is 4.74 Å². The third-order valence-electron chi connectivity index (χ3n) is 3.64. The van der Waals surface area contributed by atoms with Crippen LogP contribution >= 0.6 is 0 Å². The van der Waals surface area contributed by atoms with Gasteiger partial charge in [0.25, 0.3) is 5.60 Å². The largest absolute Gasteiger partial charge is 0.497 e. The van der Waals surface area contributed by atoms with Crippen molar-refractivity contribution in [2.24, 2.45) is 0 Å². The van der Waals surface area contributed by atoms with Crippen molar-refractivity contribution in [2.75, 3.05) is 14.2 Å². The summed E-state index contributed by atoms with van der Waals surface area (Å²) in [5.74, 6) is -1.06. The number of halogens is 3. The quantitative estimate of drug-likeness (QED) is 0.426. The van der Waals surface area contributed by atoms with Gasteiger partial charge in [-0.25, -0.2) is 4.79 Å². The molecule has 5 nitrogen and oxygen atoms in total. The van der Waals surface area contributed by atoms with Crippen molar-refractivity contribution in [3.63, 3.8) is 0 Å². The van der Waals surface area contributed by atoms with E-state index in [1.807, 2.05) is 0 Å². The lowest BCUT2D eigenvalue weighted by molar-refractivity contribution is -0.279. The monoisotopic (exact) mass is 438 g/mol. The maximum atomic E-state index is 14.5. The van der Waals surface area contributed by atoms with E-state index in [1.54, 1.807) is 39.3 Å². The molecule has 2 atom stereocenters. The second kappa shape index (κ2) is 8.56. The van der Waals surface area contributed by atoms with Crippen LogP contribution in [-0.2, 0) is 18.4 Å². The number of carbonyl (C=O) groups excluding carboxylic acids is 1. The van der Waals surface area contributed by atoms with Crippen molar-refractivity contribution in [1.82, 2.24) is 0 Å². The standard InChI is InChI=1S/C18H29F3O5Si2/c1-23-14-11-9-13(10-12-14)15(25-27(3,4)5)17(16(22)24-2,18(19,20)21)26-28(6,7)8/h9-12,15H,1-8H3. The lowest BCUT2D eigenvalue weighted by Gasteiger charge is -2.44. The summed E-state index contributed by atoms with van der Waals surface area (Å²) < 4.78 is 64.7. The lowest BCUT2D eigenvalue weighted by atomic mass is 9.90. The summed E-state index contributed by atoms with van der Waals surface area (Å²) in [7, 11) is -3.07. The van der Waals surface area contributed by atoms with Gasteiger partial charge in [-0.2, -0.15) is 13.2 Å². The second-order valence-corrected chi connectivity index (χ2v) is 17.2. The summed E-state index contributed by atoms with van der Waals surface area (Å²) >= 11 is 0. The smallest absolute Gasteiger partial charge is 0.430 e. The number of hydrogen-bond donors (Lipinski definition) is 0. The Morgan fingerprint density at radius 1 is 0.929 bits per heavy atom. The minimum atomic E-state index is -5.06. The van der Waals surface area contributed by atoms with Crippen LogP contribution in [0.3, 0.4) is 0 Å². The van der Waals surface area contributed by atoms with Crippen molar-refractivity contribution in [2.45, 2.75) is 57.2 Å². The fourth-order valence-electron chi connectivity index (χ4n) is 2.68. The molecule has 0 heterocycles. The molecule has 0 fully saturated rings. The summed E-state index contributed by atoms with van der Waals surface area (Å²) in [6.07, 6.45) is -6.78. The number of ether oxygens (including phenoxy) is 2. The van der Waals surface area contributed by atoms with Crippen molar-refractivity contribution in [3.8, 4) is 5.75 Å². The molecule has 0 saturated carbocycles. The maximum absolute atomic E-state index is 14.5. The molecule has 1 rings (SSSR count). The van der Waals surface area contributed by atoms with Crippen LogP contribution in [0.25, 0.3) is 0 Å². The van der Waals surface area contributed by atoms with Gasteiger partial charge in [-0.05, 0) is 57.0 Å². The Hall–Kier alpha value is -1.37. The molecule has 0 amide bonds. The molecule has 160 valence electrons. The molecule has 28 heavy (non-hydrogen) atoms. The average molecular weight is 439 g/mol. The molecule has 0 aromatic heterocycles. The van der Waals surface area contributed by atoms with Crippen molar-refractivity contribution >= 4 is 22.6 Å². The van der Waals surface area contributed by atoms with Gasteiger partial charge in [0.1, 0.15) is 11.9 Å². The Labute approximate surface area is 166 Å². The van der Waals surface area contributed by atoms with E-state index in [0.29, 0.717) is 5.75 Å². The first-order valence-corrected chi connectivity index (χ1v) is 15.6. The summed E-state index contributed by atoms with van der Waals surface area (Å²) in [4.78, 5) is 12.6. The Kier molecular flexibility index (Phi) is 7.54. The van der Waals surface area contributed by atoms with Gasteiger partial charge >= 0.3 is 12.1 Å². The molecule has 1 aromatic rings. The van der Waals surface area contributed by atoms with Gasteiger partial charge in [0, 0.05) is 0 Å². The molecule has 0 radical (unpaired) electrons. The predicted octanol–water partition coefficient (Wildman–Crippen LogP) is 4.91. The van der Waals surface area contributed by atoms with E-state index < -0.39 is 40.5 Å². The fraction of sp³-hybridized carbons (Fsp3) is 0.611. The highest BCUT2D eigenvalue weighted by molar-refractivity contribution is 6.70. The van der Waals surface area contributed by atoms with Crippen molar-refractivity contribution in [3.05, 3.63) is 29.8 Å². The van der Waals surface area contributed by atoms with Gasteiger partial charge in [0.05, 0.1) is 14.2 Å². The Morgan fingerprint density at radius 2 is 1.43 bits per heavy atom. The number of alkyl halides is 3. The van der Waals surface area contributed by atoms with E-state index in [9.17, 15) is 18.0 Å². The van der Waals surface area contributed by atoms with E-state index in [-0.39, 0.29) is 5.56 Å². The molecule has 10 heteroatoms. The number of benzene rings is 1. The first-order chi connectivity index (χ1) is 12.6. The molecule has 0 N–H and O–H groups in total. The molecular weight excluding hydrogens is 409 g/mol.